The summed E-state index contributed by atoms with van der Waals surface area (Å²) in [6.07, 6.45) is 3.92. The van der Waals surface area contributed by atoms with Crippen molar-refractivity contribution < 1.29 is 4.42 Å². The van der Waals surface area contributed by atoms with Crippen LogP contribution in [0.2, 0.25) is 0 Å². The van der Waals surface area contributed by atoms with E-state index >= 15 is 0 Å². The lowest BCUT2D eigenvalue weighted by molar-refractivity contribution is 0.669. The van der Waals surface area contributed by atoms with Gasteiger partial charge in [0, 0.05) is 33.0 Å². The minimum atomic E-state index is 0.358. The van der Waals surface area contributed by atoms with E-state index in [4.69, 9.17) is 19.4 Å². The van der Waals surface area contributed by atoms with Gasteiger partial charge in [0.2, 0.25) is 0 Å². The number of anilines is 1. The fourth-order valence-corrected chi connectivity index (χ4v) is 8.21. The standard InChI is InChI=1S/C53H34N6O/c54-50-45(59-58-37-16-5-2-6-17-37)31-30-35-28-26-34-27-29-36(32-44(34)48(35)50)39-19-8-10-21-41(39)52-55-51(40-20-9-7-18-38(40)33-14-3-1-4-15-33)56-53(57-52)43-23-13-25-47-49(43)42-22-11-12-24-46(42)60-47/h1-32,54,58H/b54-50?,59-45-. The van der Waals surface area contributed by atoms with Crippen LogP contribution in [0.4, 0.5) is 5.69 Å². The fourth-order valence-electron chi connectivity index (χ4n) is 8.21. The van der Waals surface area contributed by atoms with Gasteiger partial charge >= 0.3 is 0 Å². The first-order valence-electron chi connectivity index (χ1n) is 19.8. The Morgan fingerprint density at radius 2 is 1.05 bits per heavy atom. The van der Waals surface area contributed by atoms with Gasteiger partial charge in [0.25, 0.3) is 0 Å². The number of para-hydroxylation sites is 2. The molecule has 0 aliphatic heterocycles. The van der Waals surface area contributed by atoms with Crippen molar-refractivity contribution >= 4 is 55.9 Å². The van der Waals surface area contributed by atoms with Gasteiger partial charge in [-0.05, 0) is 75.0 Å². The summed E-state index contributed by atoms with van der Waals surface area (Å²) in [5.74, 6) is 1.66. The number of fused-ring (bicyclic) bond motifs is 6. The first kappa shape index (κ1) is 34.9. The fraction of sp³-hybridized carbons (Fsp3) is 0. The van der Waals surface area contributed by atoms with Crippen LogP contribution in [0.3, 0.4) is 0 Å². The van der Waals surface area contributed by atoms with E-state index in [2.05, 4.69) is 89.4 Å². The Balaban J connectivity index is 1.09. The first-order valence-corrected chi connectivity index (χ1v) is 19.8. The summed E-state index contributed by atoms with van der Waals surface area (Å²) in [6.45, 7) is 0. The van der Waals surface area contributed by atoms with E-state index in [-0.39, 0.29) is 0 Å². The number of nitrogens with zero attached hydrogens (tertiary/aromatic N) is 4. The van der Waals surface area contributed by atoms with Crippen LogP contribution in [0, 0.1) is 5.41 Å². The van der Waals surface area contributed by atoms with Gasteiger partial charge in [0.15, 0.2) is 17.5 Å². The van der Waals surface area contributed by atoms with Crippen LogP contribution in [0.15, 0.2) is 198 Å². The van der Waals surface area contributed by atoms with Crippen LogP contribution >= 0.6 is 0 Å². The smallest absolute Gasteiger partial charge is 0.164 e. The van der Waals surface area contributed by atoms with Crippen molar-refractivity contribution in [2.24, 2.45) is 5.10 Å². The lowest BCUT2D eigenvalue weighted by atomic mass is 9.87. The van der Waals surface area contributed by atoms with E-state index in [0.29, 0.717) is 28.9 Å². The summed E-state index contributed by atoms with van der Waals surface area (Å²) in [6, 6.07) is 61.4. The monoisotopic (exact) mass is 770 g/mol. The number of aromatic nitrogens is 3. The van der Waals surface area contributed by atoms with E-state index in [1.54, 1.807) is 0 Å². The first-order chi connectivity index (χ1) is 29.7. The molecule has 7 heteroatoms. The van der Waals surface area contributed by atoms with Crippen LogP contribution in [0.25, 0.3) is 95.2 Å². The lowest BCUT2D eigenvalue weighted by Gasteiger charge is -2.18. The molecule has 60 heavy (non-hydrogen) atoms. The number of hydrogen-bond donors (Lipinski definition) is 2. The minimum Gasteiger partial charge on any atom is -0.456 e. The molecule has 2 aromatic heterocycles. The minimum absolute atomic E-state index is 0.358. The molecular formula is C53H34N6O. The van der Waals surface area contributed by atoms with Crippen molar-refractivity contribution in [1.82, 2.24) is 15.0 Å². The molecule has 282 valence electrons. The predicted octanol–water partition coefficient (Wildman–Crippen LogP) is 13.1. The number of rotatable bonds is 7. The molecule has 11 rings (SSSR count). The van der Waals surface area contributed by atoms with Crippen molar-refractivity contribution in [3.8, 4) is 56.4 Å². The normalized spacial score (nSPS) is 13.0. The summed E-state index contributed by atoms with van der Waals surface area (Å²) in [5.41, 5.74) is 14.9. The Labute approximate surface area is 345 Å². The second kappa shape index (κ2) is 14.6. The third-order valence-corrected chi connectivity index (χ3v) is 11.1. The average molecular weight is 771 g/mol. The van der Waals surface area contributed by atoms with Gasteiger partial charge < -0.3 is 4.42 Å². The second-order valence-corrected chi connectivity index (χ2v) is 14.7. The van der Waals surface area contributed by atoms with Crippen molar-refractivity contribution in [3.63, 3.8) is 0 Å². The molecule has 0 bridgehead atoms. The Bertz CT molecular complexity index is 3370. The van der Waals surface area contributed by atoms with E-state index < -0.39 is 0 Å². The maximum Gasteiger partial charge on any atom is 0.164 e. The molecule has 0 fully saturated rings. The van der Waals surface area contributed by atoms with Crippen molar-refractivity contribution in [1.29, 1.82) is 5.41 Å². The van der Waals surface area contributed by atoms with Crippen molar-refractivity contribution in [3.05, 3.63) is 199 Å². The highest BCUT2D eigenvalue weighted by Gasteiger charge is 2.23. The molecule has 7 nitrogen and oxygen atoms in total. The molecule has 2 N–H and O–H groups in total. The molecule has 10 aromatic rings. The highest BCUT2D eigenvalue weighted by atomic mass is 16.3. The van der Waals surface area contributed by atoms with E-state index in [1.807, 2.05) is 115 Å². The zero-order valence-electron chi connectivity index (χ0n) is 32.2. The second-order valence-electron chi connectivity index (χ2n) is 14.7. The predicted molar refractivity (Wildman–Crippen MR) is 245 cm³/mol. The molecule has 0 amide bonds. The van der Waals surface area contributed by atoms with Gasteiger partial charge in [-0.3, -0.25) is 10.8 Å². The Morgan fingerprint density at radius 3 is 1.80 bits per heavy atom. The average Bonchev–Trinajstić information content (AvgIpc) is 3.71. The number of nitrogens with one attached hydrogen (secondary N) is 2. The van der Waals surface area contributed by atoms with Gasteiger partial charge in [0.05, 0.1) is 11.4 Å². The van der Waals surface area contributed by atoms with Crippen LogP contribution < -0.4 is 5.43 Å². The van der Waals surface area contributed by atoms with Crippen LogP contribution in [-0.4, -0.2) is 26.4 Å². The maximum atomic E-state index is 9.36. The summed E-state index contributed by atoms with van der Waals surface area (Å²) in [5, 5.41) is 17.9. The molecule has 0 spiro atoms. The Hall–Kier alpha value is -8.29. The SMILES string of the molecule is N=C1/C(=N\Nc2ccccc2)C=Cc2ccc3ccc(-c4ccccc4-c4nc(-c5ccccc5-c5ccccc5)nc(-c5cccc6oc7ccccc7c56)n4)cc3c21. The molecule has 2 heterocycles. The van der Waals surface area contributed by atoms with Crippen molar-refractivity contribution in [2.45, 2.75) is 0 Å². The van der Waals surface area contributed by atoms with Gasteiger partial charge in [-0.2, -0.15) is 5.10 Å². The topological polar surface area (TPSA) is 100 Å². The molecule has 0 atom stereocenters. The zero-order chi connectivity index (χ0) is 40.0. The Kier molecular flexibility index (Phi) is 8.48. The molecule has 8 aromatic carbocycles. The molecule has 0 saturated carbocycles. The molecule has 0 radical (unpaired) electrons. The van der Waals surface area contributed by atoms with Gasteiger partial charge in [0.1, 0.15) is 16.9 Å². The summed E-state index contributed by atoms with van der Waals surface area (Å²) in [7, 11) is 0. The van der Waals surface area contributed by atoms with Crippen LogP contribution in [0.5, 0.6) is 0 Å². The highest BCUT2D eigenvalue weighted by molar-refractivity contribution is 6.55. The summed E-state index contributed by atoms with van der Waals surface area (Å²) in [4.78, 5) is 15.8. The molecular weight excluding hydrogens is 737 g/mol. The quantitative estimate of drug-likeness (QED) is 0.157. The largest absolute Gasteiger partial charge is 0.456 e. The molecule has 0 unspecified atom stereocenters. The summed E-state index contributed by atoms with van der Waals surface area (Å²) >= 11 is 0. The molecule has 0 saturated heterocycles. The number of hydrogen-bond acceptors (Lipinski definition) is 7. The molecule has 1 aliphatic rings. The highest BCUT2D eigenvalue weighted by Crippen LogP contribution is 2.40. The third-order valence-electron chi connectivity index (χ3n) is 11.1. The summed E-state index contributed by atoms with van der Waals surface area (Å²) < 4.78 is 6.32. The number of furan rings is 1. The Morgan fingerprint density at radius 1 is 0.467 bits per heavy atom. The third kappa shape index (κ3) is 6.13. The maximum absolute atomic E-state index is 9.36. The van der Waals surface area contributed by atoms with E-state index in [1.165, 1.54) is 0 Å². The van der Waals surface area contributed by atoms with Crippen LogP contribution in [-0.2, 0) is 0 Å². The van der Waals surface area contributed by atoms with Crippen LogP contribution in [0.1, 0.15) is 11.1 Å². The molecule has 1 aliphatic carbocycles. The zero-order valence-corrected chi connectivity index (χ0v) is 32.2. The van der Waals surface area contributed by atoms with E-state index in [0.717, 1.165) is 88.5 Å². The number of hydrazone groups is 1. The van der Waals surface area contributed by atoms with Gasteiger partial charge in [-0.1, -0.05) is 158 Å². The van der Waals surface area contributed by atoms with Gasteiger partial charge in [-0.25, -0.2) is 15.0 Å². The number of benzene rings is 8. The van der Waals surface area contributed by atoms with Gasteiger partial charge in [-0.15, -0.1) is 0 Å². The van der Waals surface area contributed by atoms with Crippen molar-refractivity contribution in [2.75, 3.05) is 5.43 Å². The lowest BCUT2D eigenvalue weighted by Crippen LogP contribution is -2.18. The number of allylic oxidation sites excluding steroid dienone is 1. The van der Waals surface area contributed by atoms with E-state index in [9.17, 15) is 5.41 Å².